The first kappa shape index (κ1) is 14.6. The molecule has 2 aliphatic rings. The molecule has 1 N–H and O–H groups in total. The van der Waals surface area contributed by atoms with E-state index in [1.165, 1.54) is 0 Å². The third-order valence-electron chi connectivity index (χ3n) is 5.16. The molecule has 0 amide bonds. The molecule has 5 heterocycles. The van der Waals surface area contributed by atoms with Gasteiger partial charge < -0.3 is 14.8 Å². The van der Waals surface area contributed by atoms with E-state index in [1.807, 2.05) is 24.7 Å². The fourth-order valence-corrected chi connectivity index (χ4v) is 3.71. The fourth-order valence-electron chi connectivity index (χ4n) is 3.71. The van der Waals surface area contributed by atoms with Gasteiger partial charge in [0.1, 0.15) is 17.8 Å². The highest BCUT2D eigenvalue weighted by Gasteiger charge is 2.35. The van der Waals surface area contributed by atoms with Crippen LogP contribution >= 0.6 is 0 Å². The standard InChI is InChI=1S/C17H20N8/c1-3-19-17(20-4-1)24-8-6-23(7-9-24)13-10-25(11-13)16-14-2-5-18-15(14)21-12-22-16/h1-5,12-13H,6-11H2,(H,18,21,22). The summed E-state index contributed by atoms with van der Waals surface area (Å²) in [6.45, 7) is 6.13. The highest BCUT2D eigenvalue weighted by Crippen LogP contribution is 2.28. The van der Waals surface area contributed by atoms with Crippen LogP contribution in [0.25, 0.3) is 11.0 Å². The SMILES string of the molecule is c1cnc(N2CCN(C3CN(c4ncnc5[nH]ccc45)C3)CC2)nc1. The molecule has 0 atom stereocenters. The summed E-state index contributed by atoms with van der Waals surface area (Å²) in [5.41, 5.74) is 0.907. The van der Waals surface area contributed by atoms with Crippen LogP contribution in [0, 0.1) is 0 Å². The monoisotopic (exact) mass is 336 g/mol. The lowest BCUT2D eigenvalue weighted by Crippen LogP contribution is -2.63. The van der Waals surface area contributed by atoms with Crippen molar-refractivity contribution in [1.82, 2.24) is 29.8 Å². The number of hydrogen-bond acceptors (Lipinski definition) is 7. The summed E-state index contributed by atoms with van der Waals surface area (Å²) < 4.78 is 0. The van der Waals surface area contributed by atoms with Gasteiger partial charge in [-0.05, 0) is 12.1 Å². The summed E-state index contributed by atoms with van der Waals surface area (Å²) in [6.07, 6.45) is 7.18. The van der Waals surface area contributed by atoms with Crippen molar-refractivity contribution in [3.8, 4) is 0 Å². The predicted molar refractivity (Wildman–Crippen MR) is 95.7 cm³/mol. The maximum Gasteiger partial charge on any atom is 0.225 e. The minimum Gasteiger partial charge on any atom is -0.353 e. The van der Waals surface area contributed by atoms with Gasteiger partial charge in [0.2, 0.25) is 5.95 Å². The lowest BCUT2D eigenvalue weighted by atomic mass is 10.1. The zero-order valence-electron chi connectivity index (χ0n) is 13.9. The molecular formula is C17H20N8. The minimum atomic E-state index is 0.600. The molecule has 128 valence electrons. The van der Waals surface area contributed by atoms with Crippen LogP contribution in [-0.2, 0) is 0 Å². The van der Waals surface area contributed by atoms with Crippen LogP contribution in [0.3, 0.4) is 0 Å². The van der Waals surface area contributed by atoms with E-state index in [0.717, 1.165) is 62.1 Å². The molecule has 0 spiro atoms. The molecular weight excluding hydrogens is 316 g/mol. The van der Waals surface area contributed by atoms with Crippen LogP contribution < -0.4 is 9.80 Å². The second-order valence-corrected chi connectivity index (χ2v) is 6.57. The summed E-state index contributed by atoms with van der Waals surface area (Å²) in [7, 11) is 0. The van der Waals surface area contributed by atoms with Gasteiger partial charge in [-0.25, -0.2) is 19.9 Å². The summed E-state index contributed by atoms with van der Waals surface area (Å²) in [5.74, 6) is 1.88. The average molecular weight is 336 g/mol. The molecule has 0 radical (unpaired) electrons. The van der Waals surface area contributed by atoms with Crippen LogP contribution in [0.5, 0.6) is 0 Å². The van der Waals surface area contributed by atoms with Crippen molar-refractivity contribution in [1.29, 1.82) is 0 Å². The molecule has 0 aliphatic carbocycles. The van der Waals surface area contributed by atoms with Crippen molar-refractivity contribution < 1.29 is 0 Å². The summed E-state index contributed by atoms with van der Waals surface area (Å²) in [5, 5.41) is 1.10. The molecule has 2 aliphatic heterocycles. The number of nitrogens with zero attached hydrogens (tertiary/aromatic N) is 7. The Balaban J connectivity index is 1.20. The number of H-pyrrole nitrogens is 1. The Kier molecular flexibility index (Phi) is 3.48. The second-order valence-electron chi connectivity index (χ2n) is 6.57. The zero-order chi connectivity index (χ0) is 16.6. The van der Waals surface area contributed by atoms with Gasteiger partial charge in [0, 0.05) is 63.9 Å². The number of aromatic nitrogens is 5. The molecule has 8 heteroatoms. The second kappa shape index (κ2) is 5.96. The van der Waals surface area contributed by atoms with Crippen molar-refractivity contribution in [2.45, 2.75) is 6.04 Å². The predicted octanol–water partition coefficient (Wildman–Crippen LogP) is 0.759. The molecule has 5 rings (SSSR count). The Morgan fingerprint density at radius 2 is 1.72 bits per heavy atom. The number of anilines is 2. The Bertz CT molecular complexity index is 849. The zero-order valence-corrected chi connectivity index (χ0v) is 13.9. The van der Waals surface area contributed by atoms with Crippen molar-refractivity contribution in [2.75, 3.05) is 49.1 Å². The summed E-state index contributed by atoms with van der Waals surface area (Å²) >= 11 is 0. The van der Waals surface area contributed by atoms with E-state index in [-0.39, 0.29) is 0 Å². The number of nitrogens with one attached hydrogen (secondary N) is 1. The molecule has 0 saturated carbocycles. The normalized spacial score (nSPS) is 19.4. The lowest BCUT2D eigenvalue weighted by molar-refractivity contribution is 0.156. The van der Waals surface area contributed by atoms with Crippen LogP contribution in [-0.4, -0.2) is 75.1 Å². The van der Waals surface area contributed by atoms with E-state index in [2.05, 4.69) is 45.7 Å². The van der Waals surface area contributed by atoms with Crippen LogP contribution in [0.2, 0.25) is 0 Å². The average Bonchev–Trinajstić information content (AvgIpc) is 3.11. The first-order valence-corrected chi connectivity index (χ1v) is 8.67. The maximum atomic E-state index is 4.48. The van der Waals surface area contributed by atoms with Gasteiger partial charge in [-0.1, -0.05) is 0 Å². The van der Waals surface area contributed by atoms with Gasteiger partial charge in [-0.15, -0.1) is 0 Å². The largest absolute Gasteiger partial charge is 0.353 e. The lowest BCUT2D eigenvalue weighted by Gasteiger charge is -2.48. The fraction of sp³-hybridized carbons (Fsp3) is 0.412. The molecule has 0 bridgehead atoms. The van der Waals surface area contributed by atoms with E-state index in [4.69, 9.17) is 0 Å². The smallest absolute Gasteiger partial charge is 0.225 e. The van der Waals surface area contributed by atoms with Gasteiger partial charge in [0.15, 0.2) is 0 Å². The van der Waals surface area contributed by atoms with E-state index in [9.17, 15) is 0 Å². The minimum absolute atomic E-state index is 0.600. The number of hydrogen-bond donors (Lipinski definition) is 1. The van der Waals surface area contributed by atoms with Crippen molar-refractivity contribution in [3.63, 3.8) is 0 Å². The van der Waals surface area contributed by atoms with Gasteiger partial charge in [-0.2, -0.15) is 0 Å². The highest BCUT2D eigenvalue weighted by molar-refractivity contribution is 5.87. The molecule has 2 saturated heterocycles. The Morgan fingerprint density at radius 3 is 2.52 bits per heavy atom. The number of fused-ring (bicyclic) bond motifs is 1. The molecule has 3 aromatic rings. The molecule has 0 unspecified atom stereocenters. The number of aromatic amines is 1. The van der Waals surface area contributed by atoms with Crippen LogP contribution in [0.1, 0.15) is 0 Å². The summed E-state index contributed by atoms with van der Waals surface area (Å²) in [4.78, 5) is 27.8. The van der Waals surface area contributed by atoms with Gasteiger partial charge in [-0.3, -0.25) is 4.90 Å². The van der Waals surface area contributed by atoms with Gasteiger partial charge >= 0.3 is 0 Å². The highest BCUT2D eigenvalue weighted by atomic mass is 15.4. The Hall–Kier alpha value is -2.74. The number of piperazine rings is 1. The van der Waals surface area contributed by atoms with Gasteiger partial charge in [0.05, 0.1) is 5.39 Å². The third-order valence-corrected chi connectivity index (χ3v) is 5.16. The maximum absolute atomic E-state index is 4.48. The molecule has 25 heavy (non-hydrogen) atoms. The molecule has 3 aromatic heterocycles. The van der Waals surface area contributed by atoms with E-state index < -0.39 is 0 Å². The topological polar surface area (TPSA) is 77.1 Å². The van der Waals surface area contributed by atoms with Crippen molar-refractivity contribution in [3.05, 3.63) is 37.1 Å². The first-order valence-electron chi connectivity index (χ1n) is 8.67. The molecule has 8 nitrogen and oxygen atoms in total. The first-order chi connectivity index (χ1) is 12.4. The third kappa shape index (κ3) is 2.58. The molecule has 0 aromatic carbocycles. The van der Waals surface area contributed by atoms with Crippen LogP contribution in [0.15, 0.2) is 37.1 Å². The summed E-state index contributed by atoms with van der Waals surface area (Å²) in [6, 6.07) is 4.51. The van der Waals surface area contributed by atoms with E-state index in [1.54, 1.807) is 6.33 Å². The van der Waals surface area contributed by atoms with E-state index >= 15 is 0 Å². The van der Waals surface area contributed by atoms with Crippen molar-refractivity contribution in [2.24, 2.45) is 0 Å². The van der Waals surface area contributed by atoms with Crippen molar-refractivity contribution >= 4 is 22.8 Å². The van der Waals surface area contributed by atoms with Crippen LogP contribution in [0.4, 0.5) is 11.8 Å². The van der Waals surface area contributed by atoms with E-state index in [0.29, 0.717) is 6.04 Å². The van der Waals surface area contributed by atoms with Gasteiger partial charge in [0.25, 0.3) is 0 Å². The Morgan fingerprint density at radius 1 is 0.920 bits per heavy atom. The number of rotatable bonds is 3. The molecule has 2 fully saturated rings. The quantitative estimate of drug-likeness (QED) is 0.756. The Labute approximate surface area is 145 Å².